The summed E-state index contributed by atoms with van der Waals surface area (Å²) in [5, 5.41) is 8.57. The highest BCUT2D eigenvalue weighted by Crippen LogP contribution is 2.41. The first kappa shape index (κ1) is 49.3. The summed E-state index contributed by atoms with van der Waals surface area (Å²) < 4.78 is 17.2. The van der Waals surface area contributed by atoms with Crippen LogP contribution in [0, 0.1) is 0 Å². The average Bonchev–Trinajstić information content (AvgIpc) is 2.92. The maximum Gasteiger partial charge on any atom is 0.238 e. The summed E-state index contributed by atoms with van der Waals surface area (Å²) in [7, 11) is 0. The Morgan fingerprint density at radius 2 is 0.534 bits per heavy atom. The van der Waals surface area contributed by atoms with E-state index in [-0.39, 0.29) is 0 Å². The van der Waals surface area contributed by atoms with E-state index in [1.165, 1.54) is 0 Å². The summed E-state index contributed by atoms with van der Waals surface area (Å²) in [5.74, 6) is 3.33. The fourth-order valence-electron chi connectivity index (χ4n) is 12.8. The molecule has 0 aliphatic carbocycles. The van der Waals surface area contributed by atoms with Gasteiger partial charge in [0.2, 0.25) is 11.9 Å². The summed E-state index contributed by atoms with van der Waals surface area (Å²) in [4.78, 5) is 31.4. The highest BCUT2D eigenvalue weighted by atomic mass is 16.3. The number of para-hydroxylation sites is 4. The van der Waals surface area contributed by atoms with Crippen molar-refractivity contribution >= 4 is 87.5 Å². The molecule has 0 aliphatic rings. The number of rotatable bonds is 9. The Kier molecular flexibility index (Phi) is 11.1. The largest absolute Gasteiger partial charge is 0.456 e. The third-order valence-electron chi connectivity index (χ3n) is 17.1. The summed E-state index contributed by atoms with van der Waals surface area (Å²) in [6, 6.07) is 96.5. The molecule has 0 fully saturated rings. The SMILES string of the molecule is c1ccc(-c2ccc(-c3nc(-c4ccc(-c5cccc(-c6ccc(-c7nc(-c8ccccc8)nc(-n8c9ccccc9c9cc%10c(cc98)oc8ccccc8%10)n7)cc6)c5)cc4)nc(-n4c5ccccc5c5cc6oc7ccccc7c6cc54)n3)cc2)cc1. The Bertz CT molecular complexity index is 5790. The normalized spacial score (nSPS) is 11.9. The van der Waals surface area contributed by atoms with Crippen LogP contribution >= 0.6 is 0 Å². The Morgan fingerprint density at radius 3 is 1.03 bits per heavy atom. The topological polar surface area (TPSA) is 113 Å². The van der Waals surface area contributed by atoms with Crippen molar-refractivity contribution in [3.63, 3.8) is 0 Å². The molecule has 0 aliphatic heterocycles. The van der Waals surface area contributed by atoms with Crippen molar-refractivity contribution < 1.29 is 8.83 Å². The van der Waals surface area contributed by atoms with Crippen molar-refractivity contribution in [2.24, 2.45) is 0 Å². The first-order valence-corrected chi connectivity index (χ1v) is 29.3. The third kappa shape index (κ3) is 8.11. The Morgan fingerprint density at radius 1 is 0.193 bits per heavy atom. The van der Waals surface area contributed by atoms with E-state index in [0.717, 1.165) is 143 Å². The molecule has 6 aromatic heterocycles. The van der Waals surface area contributed by atoms with Gasteiger partial charge in [-0.25, -0.2) is 9.97 Å². The number of nitrogens with zero attached hydrogens (tertiary/aromatic N) is 8. The highest BCUT2D eigenvalue weighted by Gasteiger charge is 2.23. The first-order valence-electron chi connectivity index (χ1n) is 29.3. The van der Waals surface area contributed by atoms with Crippen LogP contribution in [0.1, 0.15) is 0 Å². The molecule has 6 heterocycles. The minimum absolute atomic E-state index is 0.520. The molecule has 12 aromatic carbocycles. The van der Waals surface area contributed by atoms with E-state index < -0.39 is 0 Å². The van der Waals surface area contributed by atoms with Crippen LogP contribution in [0.4, 0.5) is 0 Å². The van der Waals surface area contributed by atoms with Gasteiger partial charge in [-0.05, 0) is 81.9 Å². The van der Waals surface area contributed by atoms with Crippen molar-refractivity contribution in [1.29, 1.82) is 0 Å². The van der Waals surface area contributed by atoms with Gasteiger partial charge in [0.15, 0.2) is 23.3 Å². The smallest absolute Gasteiger partial charge is 0.238 e. The lowest BCUT2D eigenvalue weighted by Gasteiger charge is -2.12. The minimum Gasteiger partial charge on any atom is -0.456 e. The molecule has 0 unspecified atom stereocenters. The quantitative estimate of drug-likeness (QED) is 0.140. The molecule has 0 saturated heterocycles. The standard InChI is InChI=1S/C78H46N8O2/c1-3-16-47(17-4-1)48-30-36-52(37-31-48)75-80-76(83-77(82-75)85-66-27-12-8-23-58(66)62-45-71-64(44-67(62)85)60-25-10-14-29-70(60)87-71)54-40-34-50(35-41-54)56-21-15-20-55(42-56)49-32-38-53(39-33-49)74-79-73(51-18-5-2-6-19-51)81-78(84-74)86-65-26-11-7-22-57(65)61-43-63-59-24-9-13-28-69(59)88-72(63)46-68(61)86/h1-46H. The second-order valence-corrected chi connectivity index (χ2v) is 22.2. The Labute approximate surface area is 502 Å². The van der Waals surface area contributed by atoms with Crippen LogP contribution in [-0.4, -0.2) is 39.0 Å². The van der Waals surface area contributed by atoms with Gasteiger partial charge in [-0.2, -0.15) is 19.9 Å². The zero-order valence-electron chi connectivity index (χ0n) is 47.0. The van der Waals surface area contributed by atoms with Crippen molar-refractivity contribution in [2.75, 3.05) is 0 Å². The van der Waals surface area contributed by atoms with Crippen molar-refractivity contribution in [3.05, 3.63) is 279 Å². The predicted octanol–water partition coefficient (Wildman–Crippen LogP) is 19.7. The molecule has 88 heavy (non-hydrogen) atoms. The molecule has 10 heteroatoms. The number of furan rings is 2. The Hall–Kier alpha value is -12.1. The van der Waals surface area contributed by atoms with Gasteiger partial charge >= 0.3 is 0 Å². The monoisotopic (exact) mass is 1130 g/mol. The summed E-state index contributed by atoms with van der Waals surface area (Å²) in [6.45, 7) is 0. The summed E-state index contributed by atoms with van der Waals surface area (Å²) in [5.41, 5.74) is 17.3. The van der Waals surface area contributed by atoms with Crippen molar-refractivity contribution in [1.82, 2.24) is 39.0 Å². The Balaban J connectivity index is 0.702. The van der Waals surface area contributed by atoms with E-state index in [9.17, 15) is 0 Å². The third-order valence-corrected chi connectivity index (χ3v) is 17.1. The van der Waals surface area contributed by atoms with Crippen LogP contribution in [0.5, 0.6) is 0 Å². The lowest BCUT2D eigenvalue weighted by atomic mass is 9.97. The van der Waals surface area contributed by atoms with Crippen molar-refractivity contribution in [2.45, 2.75) is 0 Å². The summed E-state index contributed by atoms with van der Waals surface area (Å²) in [6.07, 6.45) is 0. The molecule has 0 bridgehead atoms. The number of hydrogen-bond acceptors (Lipinski definition) is 8. The molecular formula is C78H46N8O2. The fourth-order valence-corrected chi connectivity index (χ4v) is 12.8. The minimum atomic E-state index is 0.520. The van der Waals surface area contributed by atoms with Crippen LogP contribution in [0.3, 0.4) is 0 Å². The van der Waals surface area contributed by atoms with Gasteiger partial charge in [0, 0.05) is 71.4 Å². The van der Waals surface area contributed by atoms with E-state index in [0.29, 0.717) is 35.2 Å². The zero-order valence-corrected chi connectivity index (χ0v) is 47.0. The number of fused-ring (bicyclic) bond motifs is 12. The summed E-state index contributed by atoms with van der Waals surface area (Å²) >= 11 is 0. The van der Waals surface area contributed by atoms with Crippen LogP contribution in [0.15, 0.2) is 288 Å². The van der Waals surface area contributed by atoms with E-state index in [1.54, 1.807) is 0 Å². The van der Waals surface area contributed by atoms with Crippen LogP contribution < -0.4 is 0 Å². The first-order chi connectivity index (χ1) is 43.6. The molecule has 18 rings (SSSR count). The molecule has 10 nitrogen and oxygen atoms in total. The molecule has 18 aromatic rings. The molecular weight excluding hydrogens is 1080 g/mol. The maximum atomic E-state index is 6.44. The lowest BCUT2D eigenvalue weighted by Crippen LogP contribution is -2.06. The van der Waals surface area contributed by atoms with Crippen LogP contribution in [0.25, 0.3) is 178 Å². The van der Waals surface area contributed by atoms with E-state index in [4.69, 9.17) is 38.7 Å². The van der Waals surface area contributed by atoms with Crippen LogP contribution in [-0.2, 0) is 0 Å². The fraction of sp³-hybridized carbons (Fsp3) is 0. The zero-order chi connectivity index (χ0) is 57.8. The maximum absolute atomic E-state index is 6.44. The number of hydrogen-bond donors (Lipinski definition) is 0. The van der Waals surface area contributed by atoms with Gasteiger partial charge in [-0.3, -0.25) is 9.13 Å². The molecule has 0 N–H and O–H groups in total. The molecule has 0 saturated carbocycles. The van der Waals surface area contributed by atoms with Gasteiger partial charge in [0.1, 0.15) is 22.3 Å². The predicted molar refractivity (Wildman–Crippen MR) is 354 cm³/mol. The van der Waals surface area contributed by atoms with Gasteiger partial charge in [-0.1, -0.05) is 224 Å². The second-order valence-electron chi connectivity index (χ2n) is 22.2. The van der Waals surface area contributed by atoms with Gasteiger partial charge in [0.25, 0.3) is 0 Å². The van der Waals surface area contributed by atoms with Gasteiger partial charge < -0.3 is 8.83 Å². The van der Waals surface area contributed by atoms with Gasteiger partial charge in [0.05, 0.1) is 22.1 Å². The average molecular weight is 1130 g/mol. The molecule has 0 atom stereocenters. The van der Waals surface area contributed by atoms with Gasteiger partial charge in [-0.15, -0.1) is 0 Å². The molecule has 0 spiro atoms. The highest BCUT2D eigenvalue weighted by molar-refractivity contribution is 6.18. The molecule has 410 valence electrons. The molecule has 0 radical (unpaired) electrons. The number of aromatic nitrogens is 8. The lowest BCUT2D eigenvalue weighted by molar-refractivity contribution is 0.669. The van der Waals surface area contributed by atoms with Crippen molar-refractivity contribution in [3.8, 4) is 90.8 Å². The van der Waals surface area contributed by atoms with E-state index in [2.05, 4.69) is 228 Å². The second kappa shape index (κ2) is 19.7. The van der Waals surface area contributed by atoms with E-state index >= 15 is 0 Å². The molecule has 0 amide bonds. The van der Waals surface area contributed by atoms with E-state index in [1.807, 2.05) is 60.7 Å². The number of benzene rings is 12. The van der Waals surface area contributed by atoms with Crippen LogP contribution in [0.2, 0.25) is 0 Å².